The van der Waals surface area contributed by atoms with E-state index in [4.69, 9.17) is 8.83 Å². The Morgan fingerprint density at radius 1 is 1.24 bits per heavy atom. The van der Waals surface area contributed by atoms with E-state index in [1.165, 1.54) is 5.56 Å². The summed E-state index contributed by atoms with van der Waals surface area (Å²) in [6.07, 6.45) is 7.13. The van der Waals surface area contributed by atoms with Gasteiger partial charge in [-0.3, -0.25) is 9.69 Å². The molecule has 0 radical (unpaired) electrons. The van der Waals surface area contributed by atoms with Crippen molar-refractivity contribution in [2.24, 2.45) is 5.92 Å². The molecule has 0 aliphatic carbocycles. The van der Waals surface area contributed by atoms with Crippen LogP contribution in [0, 0.1) is 12.8 Å². The smallest absolute Gasteiger partial charge is 0.222 e. The van der Waals surface area contributed by atoms with Gasteiger partial charge < -0.3 is 13.7 Å². The summed E-state index contributed by atoms with van der Waals surface area (Å²) < 4.78 is 10.8. The van der Waals surface area contributed by atoms with Gasteiger partial charge in [0, 0.05) is 50.6 Å². The van der Waals surface area contributed by atoms with Gasteiger partial charge in [0.2, 0.25) is 5.91 Å². The number of aryl methyl sites for hydroxylation is 1. The van der Waals surface area contributed by atoms with Crippen molar-refractivity contribution in [1.29, 1.82) is 0 Å². The Balaban J connectivity index is 1.37. The fourth-order valence-corrected chi connectivity index (χ4v) is 4.35. The van der Waals surface area contributed by atoms with E-state index in [0.29, 0.717) is 24.3 Å². The molecule has 0 aromatic carbocycles. The normalized spacial score (nSPS) is 24.5. The predicted molar refractivity (Wildman–Crippen MR) is 94.0 cm³/mol. The minimum Gasteiger partial charge on any atom is -0.472 e. The Labute approximate surface area is 148 Å². The third kappa shape index (κ3) is 3.66. The maximum Gasteiger partial charge on any atom is 0.222 e. The van der Waals surface area contributed by atoms with Crippen LogP contribution in [0.25, 0.3) is 0 Å². The van der Waals surface area contributed by atoms with Crippen LogP contribution in [0.1, 0.15) is 36.3 Å². The second-order valence-corrected chi connectivity index (χ2v) is 7.37. The largest absolute Gasteiger partial charge is 0.472 e. The number of hydrogen-bond acceptors (Lipinski definition) is 4. The van der Waals surface area contributed by atoms with E-state index in [0.717, 1.165) is 57.0 Å². The molecule has 2 aliphatic rings. The lowest BCUT2D eigenvalue weighted by Crippen LogP contribution is -2.56. The number of carbonyl (C=O) groups is 1. The number of likely N-dealkylation sites (tertiary alicyclic amines) is 2. The Morgan fingerprint density at radius 2 is 2.16 bits per heavy atom. The zero-order valence-corrected chi connectivity index (χ0v) is 14.8. The van der Waals surface area contributed by atoms with Gasteiger partial charge in [0.25, 0.3) is 0 Å². The van der Waals surface area contributed by atoms with Crippen LogP contribution in [0.2, 0.25) is 0 Å². The number of furan rings is 2. The molecule has 2 aromatic rings. The van der Waals surface area contributed by atoms with Crippen LogP contribution in [0.3, 0.4) is 0 Å². The number of carbonyl (C=O) groups excluding carboxylic acids is 1. The van der Waals surface area contributed by atoms with Crippen LogP contribution < -0.4 is 0 Å². The van der Waals surface area contributed by atoms with E-state index >= 15 is 0 Å². The molecule has 2 aliphatic heterocycles. The zero-order chi connectivity index (χ0) is 17.2. The summed E-state index contributed by atoms with van der Waals surface area (Å²) in [6.45, 7) is 5.78. The number of amides is 1. The van der Waals surface area contributed by atoms with Crippen molar-refractivity contribution in [2.45, 2.75) is 45.2 Å². The average Bonchev–Trinajstić information content (AvgIpc) is 3.26. The third-order valence-corrected chi connectivity index (χ3v) is 5.61. The van der Waals surface area contributed by atoms with Crippen LogP contribution in [0.5, 0.6) is 0 Å². The third-order valence-electron chi connectivity index (χ3n) is 5.61. The van der Waals surface area contributed by atoms with Gasteiger partial charge in [-0.1, -0.05) is 0 Å². The Kier molecular flexibility index (Phi) is 4.66. The van der Waals surface area contributed by atoms with Crippen LogP contribution in [-0.4, -0.2) is 41.4 Å². The highest BCUT2D eigenvalue weighted by atomic mass is 16.3. The lowest BCUT2D eigenvalue weighted by molar-refractivity contribution is -0.141. The van der Waals surface area contributed by atoms with Gasteiger partial charge in [-0.05, 0) is 43.9 Å². The van der Waals surface area contributed by atoms with E-state index in [1.54, 1.807) is 6.26 Å². The quantitative estimate of drug-likeness (QED) is 0.837. The summed E-state index contributed by atoms with van der Waals surface area (Å²) in [4.78, 5) is 17.1. The summed E-state index contributed by atoms with van der Waals surface area (Å²) in [5.74, 6) is 2.81. The number of fused-ring (bicyclic) bond motifs is 1. The number of hydrogen-bond donors (Lipinski definition) is 0. The van der Waals surface area contributed by atoms with Gasteiger partial charge in [0.15, 0.2) is 0 Å². The van der Waals surface area contributed by atoms with Crippen molar-refractivity contribution in [3.63, 3.8) is 0 Å². The van der Waals surface area contributed by atoms with Gasteiger partial charge in [-0.15, -0.1) is 0 Å². The average molecular weight is 342 g/mol. The molecule has 4 heterocycles. The van der Waals surface area contributed by atoms with E-state index in [-0.39, 0.29) is 0 Å². The standard InChI is InChI=1S/C20H26N2O3/c1-15-2-4-18(25-15)6-10-22-19-7-9-21(12-16-8-11-24-14-16)13-17(19)3-5-20(22)23/h2,4,8,11,14,17,19H,3,5-7,9-10,12-13H2,1H3/t17-,19+/m0/s1. The Bertz CT molecular complexity index is 706. The van der Waals surface area contributed by atoms with Crippen LogP contribution in [0.4, 0.5) is 0 Å². The summed E-state index contributed by atoms with van der Waals surface area (Å²) in [6, 6.07) is 6.44. The molecule has 2 atom stereocenters. The van der Waals surface area contributed by atoms with Crippen molar-refractivity contribution >= 4 is 5.91 Å². The molecule has 0 spiro atoms. The van der Waals surface area contributed by atoms with Gasteiger partial charge >= 0.3 is 0 Å². The minimum atomic E-state index is 0.313. The molecule has 0 saturated carbocycles. The molecule has 0 N–H and O–H groups in total. The zero-order valence-electron chi connectivity index (χ0n) is 14.8. The Hall–Kier alpha value is -2.01. The minimum absolute atomic E-state index is 0.313. The summed E-state index contributed by atoms with van der Waals surface area (Å²) >= 11 is 0. The van der Waals surface area contributed by atoms with Crippen LogP contribution >= 0.6 is 0 Å². The van der Waals surface area contributed by atoms with E-state index < -0.39 is 0 Å². The van der Waals surface area contributed by atoms with Gasteiger partial charge in [0.05, 0.1) is 12.5 Å². The molecule has 2 saturated heterocycles. The van der Waals surface area contributed by atoms with Gasteiger partial charge in [0.1, 0.15) is 11.5 Å². The van der Waals surface area contributed by atoms with E-state index in [9.17, 15) is 4.79 Å². The lowest BCUT2D eigenvalue weighted by Gasteiger charge is -2.47. The first-order valence-corrected chi connectivity index (χ1v) is 9.27. The number of nitrogens with zero attached hydrogens (tertiary/aromatic N) is 2. The van der Waals surface area contributed by atoms with Crippen LogP contribution in [0.15, 0.2) is 39.6 Å². The van der Waals surface area contributed by atoms with Crippen molar-refractivity contribution in [2.75, 3.05) is 19.6 Å². The molecule has 4 rings (SSSR count). The second-order valence-electron chi connectivity index (χ2n) is 7.37. The van der Waals surface area contributed by atoms with Crippen molar-refractivity contribution in [1.82, 2.24) is 9.80 Å². The maximum absolute atomic E-state index is 12.5. The molecule has 134 valence electrons. The monoisotopic (exact) mass is 342 g/mol. The van der Waals surface area contributed by atoms with Crippen LogP contribution in [-0.2, 0) is 17.8 Å². The number of piperidine rings is 2. The topological polar surface area (TPSA) is 49.8 Å². The molecule has 1 amide bonds. The fraction of sp³-hybridized carbons (Fsp3) is 0.550. The molecule has 25 heavy (non-hydrogen) atoms. The fourth-order valence-electron chi connectivity index (χ4n) is 4.35. The van der Waals surface area contributed by atoms with E-state index in [2.05, 4.69) is 9.80 Å². The summed E-state index contributed by atoms with van der Waals surface area (Å²) in [5.41, 5.74) is 1.23. The first-order chi connectivity index (χ1) is 12.2. The van der Waals surface area contributed by atoms with Gasteiger partial charge in [-0.25, -0.2) is 0 Å². The molecular formula is C20H26N2O3. The first kappa shape index (κ1) is 16.5. The molecule has 0 unspecified atom stereocenters. The highest BCUT2D eigenvalue weighted by Gasteiger charge is 2.39. The molecule has 5 heteroatoms. The lowest BCUT2D eigenvalue weighted by atomic mass is 9.83. The highest BCUT2D eigenvalue weighted by molar-refractivity contribution is 5.77. The predicted octanol–water partition coefficient (Wildman–Crippen LogP) is 3.24. The van der Waals surface area contributed by atoms with E-state index in [1.807, 2.05) is 31.4 Å². The second kappa shape index (κ2) is 7.08. The summed E-state index contributed by atoms with van der Waals surface area (Å²) in [7, 11) is 0. The highest BCUT2D eigenvalue weighted by Crippen LogP contribution is 2.32. The Morgan fingerprint density at radius 3 is 2.92 bits per heavy atom. The molecular weight excluding hydrogens is 316 g/mol. The molecule has 5 nitrogen and oxygen atoms in total. The van der Waals surface area contributed by atoms with Crippen molar-refractivity contribution in [3.05, 3.63) is 47.8 Å². The SMILES string of the molecule is Cc1ccc(CCN2C(=O)CC[C@H]3CN(Cc4ccoc4)CC[C@H]32)o1. The maximum atomic E-state index is 12.5. The summed E-state index contributed by atoms with van der Waals surface area (Å²) in [5, 5.41) is 0. The molecule has 2 aromatic heterocycles. The first-order valence-electron chi connectivity index (χ1n) is 9.27. The number of rotatable bonds is 5. The van der Waals surface area contributed by atoms with Crippen molar-refractivity contribution < 1.29 is 13.6 Å². The molecule has 0 bridgehead atoms. The molecule has 2 fully saturated rings. The van der Waals surface area contributed by atoms with Crippen molar-refractivity contribution in [3.8, 4) is 0 Å². The van der Waals surface area contributed by atoms with Gasteiger partial charge in [-0.2, -0.15) is 0 Å².